The van der Waals surface area contributed by atoms with E-state index in [1.807, 2.05) is 0 Å². The van der Waals surface area contributed by atoms with Crippen molar-refractivity contribution >= 4 is 43.1 Å². The molecule has 0 aromatic rings. The zero-order valence-electron chi connectivity index (χ0n) is 25.1. The molecule has 0 aliphatic carbocycles. The van der Waals surface area contributed by atoms with Gasteiger partial charge in [-0.1, -0.05) is 0 Å². The van der Waals surface area contributed by atoms with Crippen LogP contribution < -0.4 is 0 Å². The van der Waals surface area contributed by atoms with E-state index in [1.54, 1.807) is 27.7 Å². The van der Waals surface area contributed by atoms with Crippen molar-refractivity contribution in [2.75, 3.05) is 0 Å². The van der Waals surface area contributed by atoms with Gasteiger partial charge in [-0.3, -0.25) is 0 Å². The molecular formula is C30H52O8Sn. The molecule has 0 fully saturated rings. The second-order valence-electron chi connectivity index (χ2n) is 10.4. The van der Waals surface area contributed by atoms with E-state index in [0.717, 1.165) is 88.5 Å². The van der Waals surface area contributed by atoms with Crippen LogP contribution in [0.25, 0.3) is 0 Å². The zero-order chi connectivity index (χ0) is 29.5. The minimum atomic E-state index is -4.33. The van der Waals surface area contributed by atoms with Crippen LogP contribution >= 0.6 is 0 Å². The molecule has 0 rings (SSSR count). The molecule has 0 aromatic heterocycles. The molecule has 0 unspecified atom stereocenters. The first-order valence-electron chi connectivity index (χ1n) is 14.8. The van der Waals surface area contributed by atoms with E-state index in [4.69, 9.17) is 15.6 Å². The summed E-state index contributed by atoms with van der Waals surface area (Å²) in [5.74, 6) is -2.70. The monoisotopic (exact) mass is 660 g/mol. The van der Waals surface area contributed by atoms with E-state index in [0.29, 0.717) is 8.87 Å². The van der Waals surface area contributed by atoms with Gasteiger partial charge in [0.25, 0.3) is 0 Å². The van der Waals surface area contributed by atoms with Crippen molar-refractivity contribution in [3.05, 3.63) is 24.3 Å². The summed E-state index contributed by atoms with van der Waals surface area (Å²) < 4.78 is 23.1. The number of ether oxygens (including phenoxy) is 2. The number of carbonyl (C=O) groups excluding carboxylic acids is 4. The Hall–Kier alpha value is -1.84. The van der Waals surface area contributed by atoms with Gasteiger partial charge >= 0.3 is 242 Å². The first-order chi connectivity index (χ1) is 18.5. The third-order valence-electron chi connectivity index (χ3n) is 5.81. The van der Waals surface area contributed by atoms with Crippen molar-refractivity contribution in [2.24, 2.45) is 0 Å². The zero-order valence-corrected chi connectivity index (χ0v) is 28.0. The maximum absolute atomic E-state index is 12.8. The molecule has 0 aromatic carbocycles. The molecule has 0 bridgehead atoms. The van der Waals surface area contributed by atoms with E-state index in [2.05, 4.69) is 13.8 Å². The second kappa shape index (κ2) is 22.9. The van der Waals surface area contributed by atoms with E-state index >= 15 is 0 Å². The van der Waals surface area contributed by atoms with E-state index < -0.39 is 43.1 Å². The summed E-state index contributed by atoms with van der Waals surface area (Å²) >= 11 is -4.33. The molecule has 39 heavy (non-hydrogen) atoms. The van der Waals surface area contributed by atoms with Crippen molar-refractivity contribution in [3.8, 4) is 0 Å². The fourth-order valence-corrected chi connectivity index (χ4v) is 12.9. The molecule has 0 radical (unpaired) electrons. The Morgan fingerprint density at radius 1 is 0.513 bits per heavy atom. The van der Waals surface area contributed by atoms with Gasteiger partial charge in [0.15, 0.2) is 0 Å². The van der Waals surface area contributed by atoms with Crippen molar-refractivity contribution in [3.63, 3.8) is 0 Å². The summed E-state index contributed by atoms with van der Waals surface area (Å²) in [6, 6.07) is 0. The van der Waals surface area contributed by atoms with Crippen LogP contribution in [0.4, 0.5) is 0 Å². The Bertz CT molecular complexity index is 709. The maximum atomic E-state index is 12.8. The van der Waals surface area contributed by atoms with Crippen molar-refractivity contribution in [2.45, 2.75) is 140 Å². The van der Waals surface area contributed by atoms with Crippen LogP contribution in [-0.2, 0) is 34.8 Å². The van der Waals surface area contributed by atoms with Crippen LogP contribution in [0.2, 0.25) is 8.87 Å². The number of hydrogen-bond acceptors (Lipinski definition) is 8. The predicted molar refractivity (Wildman–Crippen MR) is 155 cm³/mol. The summed E-state index contributed by atoms with van der Waals surface area (Å²) in [4.78, 5) is 49.4. The Balaban J connectivity index is 5.70. The van der Waals surface area contributed by atoms with Crippen LogP contribution in [0, 0.1) is 0 Å². The van der Waals surface area contributed by atoms with Gasteiger partial charge in [-0.2, -0.15) is 0 Å². The molecule has 224 valence electrons. The van der Waals surface area contributed by atoms with Gasteiger partial charge < -0.3 is 0 Å². The van der Waals surface area contributed by atoms with Gasteiger partial charge in [0.2, 0.25) is 0 Å². The molecule has 0 amide bonds. The molecule has 0 spiro atoms. The number of carbonyl (C=O) groups is 4. The molecule has 0 saturated heterocycles. The number of unbranched alkanes of at least 4 members (excludes halogenated alkanes) is 10. The summed E-state index contributed by atoms with van der Waals surface area (Å²) in [5, 5.41) is 0. The molecule has 0 heterocycles. The minimum absolute atomic E-state index is 0.313. The quantitative estimate of drug-likeness (QED) is 0.0518. The SMILES string of the molecule is CCCCCCC[CH2][Sn]([CH2]CCCCCCC)([O]C(=O)C=CC(=O)OC(C)C)[O]C(=O)C=CC(=O)OC(C)C. The summed E-state index contributed by atoms with van der Waals surface area (Å²) in [5.41, 5.74) is 0. The van der Waals surface area contributed by atoms with Gasteiger partial charge in [0.05, 0.1) is 0 Å². The number of rotatable bonds is 22. The second-order valence-corrected chi connectivity index (χ2v) is 19.6. The molecule has 0 saturated carbocycles. The Labute approximate surface area is 241 Å². The third-order valence-corrected chi connectivity index (χ3v) is 15.4. The normalized spacial score (nSPS) is 11.9. The van der Waals surface area contributed by atoms with E-state index in [-0.39, 0.29) is 12.2 Å². The fourth-order valence-electron chi connectivity index (χ4n) is 3.95. The first kappa shape index (κ1) is 37.2. The van der Waals surface area contributed by atoms with Gasteiger partial charge in [-0.25, -0.2) is 0 Å². The van der Waals surface area contributed by atoms with Crippen LogP contribution in [0.15, 0.2) is 24.3 Å². The molecule has 0 N–H and O–H groups in total. The Morgan fingerprint density at radius 2 is 0.821 bits per heavy atom. The fraction of sp³-hybridized carbons (Fsp3) is 0.733. The van der Waals surface area contributed by atoms with Crippen LogP contribution in [0.3, 0.4) is 0 Å². The number of esters is 2. The predicted octanol–water partition coefficient (Wildman–Crippen LogP) is 7.25. The topological polar surface area (TPSA) is 105 Å². The van der Waals surface area contributed by atoms with Gasteiger partial charge in [-0.15, -0.1) is 0 Å². The molecule has 9 heteroatoms. The van der Waals surface area contributed by atoms with Crippen molar-refractivity contribution in [1.29, 1.82) is 0 Å². The van der Waals surface area contributed by atoms with Crippen LogP contribution in [0.1, 0.15) is 119 Å². The Kier molecular flexibility index (Phi) is 21.8. The summed E-state index contributed by atoms with van der Waals surface area (Å²) in [6.07, 6.45) is 16.1. The van der Waals surface area contributed by atoms with E-state index in [1.165, 1.54) is 12.8 Å². The molecule has 0 aliphatic heterocycles. The standard InChI is InChI=1S/2C8H17.2C7H10O4.Sn/c2*1-3-5-7-8-6-4-2;2*1-5(2)11-7(10)4-3-6(8)9;/h2*1,3-8H2,2H3;2*3-5H,1-2H3,(H,8,9);/q;;;;+2/p-2. The van der Waals surface area contributed by atoms with Crippen molar-refractivity contribution in [1.82, 2.24) is 0 Å². The molecule has 0 atom stereocenters. The average molecular weight is 659 g/mol. The van der Waals surface area contributed by atoms with Gasteiger partial charge in [0.1, 0.15) is 0 Å². The van der Waals surface area contributed by atoms with E-state index in [9.17, 15) is 19.2 Å². The summed E-state index contributed by atoms with van der Waals surface area (Å²) in [6.45, 7) is 11.2. The molecular weight excluding hydrogens is 607 g/mol. The first-order valence-corrected chi connectivity index (χ1v) is 21.1. The number of hydrogen-bond donors (Lipinski definition) is 0. The third kappa shape index (κ3) is 21.6. The summed E-state index contributed by atoms with van der Waals surface area (Å²) in [7, 11) is 0. The molecule has 8 nitrogen and oxygen atoms in total. The van der Waals surface area contributed by atoms with Crippen molar-refractivity contribution < 1.29 is 34.8 Å². The van der Waals surface area contributed by atoms with Crippen LogP contribution in [-0.4, -0.2) is 55.3 Å². The van der Waals surface area contributed by atoms with Gasteiger partial charge in [-0.05, 0) is 0 Å². The molecule has 0 aliphatic rings. The Morgan fingerprint density at radius 3 is 1.15 bits per heavy atom. The average Bonchev–Trinajstić information content (AvgIpc) is 2.85. The van der Waals surface area contributed by atoms with Gasteiger partial charge in [0, 0.05) is 0 Å². The van der Waals surface area contributed by atoms with Crippen LogP contribution in [0.5, 0.6) is 0 Å².